The van der Waals surface area contributed by atoms with Crippen LogP contribution in [0.15, 0.2) is 40.6 Å². The van der Waals surface area contributed by atoms with E-state index in [9.17, 15) is 16.8 Å². The molecule has 0 bridgehead atoms. The summed E-state index contributed by atoms with van der Waals surface area (Å²) in [4.78, 5) is 4.30. The zero-order valence-electron chi connectivity index (χ0n) is 16.1. The third-order valence-corrected chi connectivity index (χ3v) is 10.4. The molecule has 0 unspecified atom stereocenters. The van der Waals surface area contributed by atoms with E-state index < -0.39 is 25.1 Å². The Morgan fingerprint density at radius 1 is 1.10 bits per heavy atom. The molecule has 1 aromatic carbocycles. The zero-order chi connectivity index (χ0) is 20.4. The van der Waals surface area contributed by atoms with Gasteiger partial charge in [0.15, 0.2) is 0 Å². The summed E-state index contributed by atoms with van der Waals surface area (Å²) < 4.78 is 60.6. The lowest BCUT2D eigenvalue weighted by molar-refractivity contribution is 0.356. The van der Waals surface area contributed by atoms with Crippen molar-refractivity contribution in [3.8, 4) is 5.75 Å². The zero-order valence-corrected chi connectivity index (χ0v) is 17.7. The molecule has 1 saturated carbocycles. The lowest BCUT2D eigenvalue weighted by atomic mass is 10.0. The minimum Gasteiger partial charge on any atom is -0.493 e. The number of hydrogen-bond donors (Lipinski definition) is 0. The molecule has 2 aliphatic heterocycles. The van der Waals surface area contributed by atoms with E-state index in [1.165, 1.54) is 15.1 Å². The Labute approximate surface area is 170 Å². The standard InChI is InChI=1S/C19H23N3O5S2/c1-21-6-5-20-19(21)28(23,24)17-9-14-11-22(12-15(14)10-17)29(25,26)16-2-3-18-13(8-16)4-7-27-18/h2-3,5-6,8,14-15,17H,4,7,9-12H2,1H3/t14-,15-/m0/s1. The normalized spacial score (nSPS) is 25.1. The summed E-state index contributed by atoms with van der Waals surface area (Å²) in [5.41, 5.74) is 0.923. The van der Waals surface area contributed by atoms with Crippen LogP contribution in [0.1, 0.15) is 18.4 Å². The van der Waals surface area contributed by atoms with Gasteiger partial charge in [-0.05, 0) is 48.4 Å². The van der Waals surface area contributed by atoms with Gasteiger partial charge in [-0.3, -0.25) is 0 Å². The van der Waals surface area contributed by atoms with Gasteiger partial charge in [-0.1, -0.05) is 0 Å². The van der Waals surface area contributed by atoms with Gasteiger partial charge in [-0.25, -0.2) is 21.8 Å². The summed E-state index contributed by atoms with van der Waals surface area (Å²) in [6.45, 7) is 1.32. The summed E-state index contributed by atoms with van der Waals surface area (Å²) in [7, 11) is -5.43. The van der Waals surface area contributed by atoms with E-state index in [1.54, 1.807) is 31.4 Å². The van der Waals surface area contributed by atoms with Crippen molar-refractivity contribution in [1.82, 2.24) is 13.9 Å². The Morgan fingerprint density at radius 2 is 1.83 bits per heavy atom. The quantitative estimate of drug-likeness (QED) is 0.713. The number of rotatable bonds is 4. The number of ether oxygens (including phenoxy) is 1. The van der Waals surface area contributed by atoms with Crippen LogP contribution in [0.4, 0.5) is 0 Å². The molecule has 29 heavy (non-hydrogen) atoms. The maximum atomic E-state index is 13.1. The van der Waals surface area contributed by atoms with Crippen LogP contribution in [0.2, 0.25) is 0 Å². The first-order valence-electron chi connectivity index (χ1n) is 9.74. The van der Waals surface area contributed by atoms with Gasteiger partial charge in [0.25, 0.3) is 0 Å². The maximum Gasteiger partial charge on any atom is 0.243 e. The summed E-state index contributed by atoms with van der Waals surface area (Å²) in [5.74, 6) is 0.870. The minimum absolute atomic E-state index is 0.0579. The number of hydrogen-bond acceptors (Lipinski definition) is 6. The summed E-state index contributed by atoms with van der Waals surface area (Å²) in [5, 5.41) is -0.409. The topological polar surface area (TPSA) is 98.6 Å². The maximum absolute atomic E-state index is 13.1. The van der Waals surface area contributed by atoms with Crippen molar-refractivity contribution in [3.63, 3.8) is 0 Å². The fourth-order valence-electron chi connectivity index (χ4n) is 4.90. The van der Waals surface area contributed by atoms with Gasteiger partial charge in [-0.2, -0.15) is 4.31 Å². The van der Waals surface area contributed by atoms with Crippen molar-refractivity contribution in [1.29, 1.82) is 0 Å². The first-order chi connectivity index (χ1) is 13.8. The minimum atomic E-state index is -3.59. The van der Waals surface area contributed by atoms with Crippen LogP contribution in [0, 0.1) is 11.8 Å². The van der Waals surface area contributed by atoms with E-state index in [4.69, 9.17) is 4.74 Å². The highest BCUT2D eigenvalue weighted by Gasteiger charge is 2.49. The van der Waals surface area contributed by atoms with E-state index in [2.05, 4.69) is 4.98 Å². The predicted octanol–water partition coefficient (Wildman–Crippen LogP) is 1.23. The van der Waals surface area contributed by atoms with E-state index in [1.807, 2.05) is 0 Å². The van der Waals surface area contributed by atoms with Gasteiger partial charge in [0.2, 0.25) is 25.0 Å². The predicted molar refractivity (Wildman–Crippen MR) is 105 cm³/mol. The van der Waals surface area contributed by atoms with Crippen LogP contribution in [-0.2, 0) is 33.3 Å². The Kier molecular flexibility index (Phi) is 4.31. The molecule has 8 nitrogen and oxygen atoms in total. The van der Waals surface area contributed by atoms with Crippen LogP contribution in [0.25, 0.3) is 0 Å². The second kappa shape index (κ2) is 6.55. The van der Waals surface area contributed by atoms with Gasteiger partial charge in [0, 0.05) is 39.0 Å². The molecule has 0 N–H and O–H groups in total. The second-order valence-corrected chi connectivity index (χ2v) is 12.2. The summed E-state index contributed by atoms with van der Waals surface area (Å²) in [6, 6.07) is 5.03. The van der Waals surface area contributed by atoms with Gasteiger partial charge in [-0.15, -0.1) is 0 Å². The number of sulfonamides is 1. The van der Waals surface area contributed by atoms with Crippen LogP contribution in [0.3, 0.4) is 0 Å². The highest BCUT2D eigenvalue weighted by atomic mass is 32.2. The molecule has 2 aromatic rings. The highest BCUT2D eigenvalue weighted by molar-refractivity contribution is 7.91. The average molecular weight is 438 g/mol. The van der Waals surface area contributed by atoms with Crippen molar-refractivity contribution >= 4 is 19.9 Å². The molecule has 2 fully saturated rings. The van der Waals surface area contributed by atoms with Gasteiger partial charge < -0.3 is 9.30 Å². The van der Waals surface area contributed by atoms with E-state index in [-0.39, 0.29) is 17.0 Å². The Bertz CT molecular complexity index is 1160. The first-order valence-corrected chi connectivity index (χ1v) is 12.7. The van der Waals surface area contributed by atoms with E-state index in [0.29, 0.717) is 37.4 Å². The van der Waals surface area contributed by atoms with Gasteiger partial charge in [0.05, 0.1) is 16.8 Å². The Hall–Kier alpha value is -1.91. The van der Waals surface area contributed by atoms with E-state index in [0.717, 1.165) is 17.7 Å². The molecule has 1 aliphatic carbocycles. The van der Waals surface area contributed by atoms with E-state index >= 15 is 0 Å². The van der Waals surface area contributed by atoms with Gasteiger partial charge >= 0.3 is 0 Å². The number of imidazole rings is 1. The Balaban J connectivity index is 1.33. The molecule has 1 saturated heterocycles. The van der Waals surface area contributed by atoms with Crippen molar-refractivity contribution in [2.24, 2.45) is 18.9 Å². The molecule has 3 aliphatic rings. The molecule has 0 amide bonds. The third-order valence-electron chi connectivity index (χ3n) is 6.44. The van der Waals surface area contributed by atoms with Crippen molar-refractivity contribution in [2.75, 3.05) is 19.7 Å². The molecular weight excluding hydrogens is 414 g/mol. The van der Waals surface area contributed by atoms with Crippen LogP contribution in [0.5, 0.6) is 5.75 Å². The Morgan fingerprint density at radius 3 is 2.48 bits per heavy atom. The van der Waals surface area contributed by atoms with Crippen molar-refractivity contribution < 1.29 is 21.6 Å². The van der Waals surface area contributed by atoms with Gasteiger partial charge in [0.1, 0.15) is 5.75 Å². The lowest BCUT2D eigenvalue weighted by Crippen LogP contribution is -2.31. The third kappa shape index (κ3) is 3.00. The highest BCUT2D eigenvalue weighted by Crippen LogP contribution is 2.44. The summed E-state index contributed by atoms with van der Waals surface area (Å²) >= 11 is 0. The summed E-state index contributed by atoms with van der Waals surface area (Å²) in [6.07, 6.45) is 4.78. The second-order valence-electron chi connectivity index (χ2n) is 8.17. The molecule has 0 radical (unpaired) electrons. The molecular formula is C19H23N3O5S2. The number of nitrogens with zero attached hydrogens (tertiary/aromatic N) is 3. The number of fused-ring (bicyclic) bond motifs is 2. The fraction of sp³-hybridized carbons (Fsp3) is 0.526. The SMILES string of the molecule is Cn1ccnc1S(=O)(=O)C1C[C@H]2CN(S(=O)(=O)c3ccc4c(c3)CCO4)C[C@@H]2C1. The fourth-order valence-corrected chi connectivity index (χ4v) is 8.47. The number of aryl methyl sites for hydroxylation is 1. The largest absolute Gasteiger partial charge is 0.493 e. The number of aromatic nitrogens is 2. The molecule has 156 valence electrons. The molecule has 2 atom stereocenters. The number of sulfone groups is 1. The lowest BCUT2D eigenvalue weighted by Gasteiger charge is -2.19. The monoisotopic (exact) mass is 437 g/mol. The first kappa shape index (κ1) is 19.1. The average Bonchev–Trinajstić information content (AvgIpc) is 3.43. The van der Waals surface area contributed by atoms with Crippen LogP contribution < -0.4 is 4.74 Å². The van der Waals surface area contributed by atoms with Crippen LogP contribution in [-0.4, -0.2) is 55.6 Å². The van der Waals surface area contributed by atoms with Crippen molar-refractivity contribution in [3.05, 3.63) is 36.2 Å². The molecule has 1 aromatic heterocycles. The van der Waals surface area contributed by atoms with Crippen LogP contribution >= 0.6 is 0 Å². The number of benzene rings is 1. The molecule has 0 spiro atoms. The smallest absolute Gasteiger partial charge is 0.243 e. The molecule has 10 heteroatoms. The van der Waals surface area contributed by atoms with Crippen molar-refractivity contribution in [2.45, 2.75) is 34.6 Å². The molecule has 5 rings (SSSR count). The molecule has 3 heterocycles.